The van der Waals surface area contributed by atoms with E-state index in [1.165, 1.54) is 19.1 Å². The van der Waals surface area contributed by atoms with E-state index >= 15 is 0 Å². The van der Waals surface area contributed by atoms with E-state index in [1.54, 1.807) is 35.2 Å². The van der Waals surface area contributed by atoms with E-state index in [9.17, 15) is 19.7 Å². The number of amides is 2. The van der Waals surface area contributed by atoms with Crippen LogP contribution in [0.5, 0.6) is 0 Å². The molecule has 29 heavy (non-hydrogen) atoms. The van der Waals surface area contributed by atoms with E-state index in [4.69, 9.17) is 0 Å². The lowest BCUT2D eigenvalue weighted by atomic mass is 9.93. The summed E-state index contributed by atoms with van der Waals surface area (Å²) in [6, 6.07) is 13.2. The molecule has 7 heteroatoms. The minimum absolute atomic E-state index is 0.00991. The Bertz CT molecular complexity index is 986. The van der Waals surface area contributed by atoms with Crippen molar-refractivity contribution in [2.24, 2.45) is 0 Å². The van der Waals surface area contributed by atoms with Crippen molar-refractivity contribution in [2.45, 2.75) is 32.4 Å². The Morgan fingerprint density at radius 2 is 1.93 bits per heavy atom. The average Bonchev–Trinajstić information content (AvgIpc) is 2.72. The summed E-state index contributed by atoms with van der Waals surface area (Å²) in [7, 11) is 1.68. The number of hydrogen-bond acceptors (Lipinski definition) is 4. The number of carbonyl (C=O) groups excluding carboxylic acids is 2. The largest absolute Gasteiger partial charge is 0.339 e. The van der Waals surface area contributed by atoms with E-state index in [0.29, 0.717) is 5.56 Å². The molecular weight excluding hydrogens is 370 g/mol. The van der Waals surface area contributed by atoms with Crippen LogP contribution in [0, 0.1) is 10.1 Å². The molecule has 0 radical (unpaired) electrons. The summed E-state index contributed by atoms with van der Waals surface area (Å²) in [5, 5.41) is 11.0. The third kappa shape index (κ3) is 4.18. The second-order valence-corrected chi connectivity index (χ2v) is 7.12. The third-order valence-corrected chi connectivity index (χ3v) is 5.37. The SMILES string of the molecule is CC(=O)N1C=Cc2ccccc2[C@H]1CC(=O)N(C)[C@@H](C)c1cccc([N+](=O)[O-])c1. The van der Waals surface area contributed by atoms with Gasteiger partial charge in [-0.3, -0.25) is 19.7 Å². The summed E-state index contributed by atoms with van der Waals surface area (Å²) < 4.78 is 0. The Morgan fingerprint density at radius 1 is 1.21 bits per heavy atom. The van der Waals surface area contributed by atoms with Crippen molar-refractivity contribution in [3.05, 3.63) is 81.5 Å². The van der Waals surface area contributed by atoms with Gasteiger partial charge in [-0.05, 0) is 29.7 Å². The molecule has 0 N–H and O–H groups in total. The molecule has 2 atom stereocenters. The lowest BCUT2D eigenvalue weighted by molar-refractivity contribution is -0.384. The van der Waals surface area contributed by atoms with Gasteiger partial charge >= 0.3 is 0 Å². The molecule has 150 valence electrons. The number of rotatable bonds is 5. The van der Waals surface area contributed by atoms with Crippen LogP contribution in [0.25, 0.3) is 6.08 Å². The Labute approximate surface area is 169 Å². The van der Waals surface area contributed by atoms with Gasteiger partial charge in [-0.1, -0.05) is 36.4 Å². The molecule has 0 saturated heterocycles. The summed E-state index contributed by atoms with van der Waals surface area (Å²) in [5.41, 5.74) is 2.58. The number of fused-ring (bicyclic) bond motifs is 1. The van der Waals surface area contributed by atoms with Crippen LogP contribution in [0.4, 0.5) is 5.69 Å². The van der Waals surface area contributed by atoms with Crippen molar-refractivity contribution in [3.63, 3.8) is 0 Å². The number of hydrogen-bond donors (Lipinski definition) is 0. The van der Waals surface area contributed by atoms with Crippen LogP contribution >= 0.6 is 0 Å². The molecular formula is C22H23N3O4. The lowest BCUT2D eigenvalue weighted by Crippen LogP contribution is -2.36. The molecule has 0 saturated carbocycles. The van der Waals surface area contributed by atoms with Crippen LogP contribution in [0.15, 0.2) is 54.7 Å². The first kappa shape index (κ1) is 20.3. The molecule has 0 bridgehead atoms. The van der Waals surface area contributed by atoms with Gasteiger partial charge in [0.2, 0.25) is 11.8 Å². The molecule has 2 aromatic rings. The first-order valence-electron chi connectivity index (χ1n) is 9.35. The maximum Gasteiger partial charge on any atom is 0.269 e. The minimum Gasteiger partial charge on any atom is -0.339 e. The maximum absolute atomic E-state index is 13.1. The molecule has 1 aliphatic heterocycles. The Morgan fingerprint density at radius 3 is 2.62 bits per heavy atom. The number of nitro benzene ring substituents is 1. The van der Waals surface area contributed by atoms with Gasteiger partial charge in [0, 0.05) is 32.3 Å². The summed E-state index contributed by atoms with van der Waals surface area (Å²) in [6.45, 7) is 3.31. The van der Waals surface area contributed by atoms with Crippen molar-refractivity contribution in [2.75, 3.05) is 7.05 Å². The van der Waals surface area contributed by atoms with Gasteiger partial charge in [0.15, 0.2) is 0 Å². The molecule has 2 aromatic carbocycles. The van der Waals surface area contributed by atoms with E-state index in [-0.39, 0.29) is 36.0 Å². The highest BCUT2D eigenvalue weighted by Gasteiger charge is 2.30. The van der Waals surface area contributed by atoms with Crippen LogP contribution in [-0.4, -0.2) is 33.6 Å². The predicted octanol–water partition coefficient (Wildman–Crippen LogP) is 4.08. The standard InChI is InChI=1S/C22H23N3O4/c1-15(18-8-6-9-19(13-18)25(28)29)23(3)22(27)14-21-20-10-5-4-7-17(20)11-12-24(21)16(2)26/h4-13,15,21H,14H2,1-3H3/t15-,21+/m0/s1. The van der Waals surface area contributed by atoms with Gasteiger partial charge < -0.3 is 9.80 Å². The summed E-state index contributed by atoms with van der Waals surface area (Å²) in [6.07, 6.45) is 3.70. The Kier molecular flexibility index (Phi) is 5.77. The quantitative estimate of drug-likeness (QED) is 0.566. The number of non-ortho nitro benzene ring substituents is 1. The number of carbonyl (C=O) groups is 2. The van der Waals surface area contributed by atoms with Gasteiger partial charge in [0.1, 0.15) is 0 Å². The van der Waals surface area contributed by atoms with E-state index in [1.807, 2.05) is 37.3 Å². The highest BCUT2D eigenvalue weighted by Crippen LogP contribution is 2.34. The zero-order chi connectivity index (χ0) is 21.1. The fourth-order valence-corrected chi connectivity index (χ4v) is 3.56. The van der Waals surface area contributed by atoms with Gasteiger partial charge in [0.05, 0.1) is 23.4 Å². The molecule has 0 spiro atoms. The number of benzene rings is 2. The van der Waals surface area contributed by atoms with Gasteiger partial charge in [-0.2, -0.15) is 0 Å². The third-order valence-electron chi connectivity index (χ3n) is 5.37. The van der Waals surface area contributed by atoms with Crippen molar-refractivity contribution in [1.82, 2.24) is 9.80 Å². The van der Waals surface area contributed by atoms with Gasteiger partial charge in [-0.25, -0.2) is 0 Å². The summed E-state index contributed by atoms with van der Waals surface area (Å²) in [4.78, 5) is 38.9. The average molecular weight is 393 g/mol. The monoisotopic (exact) mass is 393 g/mol. The van der Waals surface area contributed by atoms with Crippen LogP contribution < -0.4 is 0 Å². The van der Waals surface area contributed by atoms with Crippen LogP contribution in [-0.2, 0) is 9.59 Å². The minimum atomic E-state index is -0.450. The van der Waals surface area contributed by atoms with Crippen LogP contribution in [0.2, 0.25) is 0 Å². The fraction of sp³-hybridized carbons (Fsp3) is 0.273. The van der Waals surface area contributed by atoms with Crippen LogP contribution in [0.3, 0.4) is 0 Å². The van der Waals surface area contributed by atoms with E-state index < -0.39 is 4.92 Å². The molecule has 7 nitrogen and oxygen atoms in total. The summed E-state index contributed by atoms with van der Waals surface area (Å²) >= 11 is 0. The highest BCUT2D eigenvalue weighted by molar-refractivity contribution is 5.82. The Hall–Kier alpha value is -3.48. The molecule has 0 unspecified atom stereocenters. The van der Waals surface area contributed by atoms with Crippen molar-refractivity contribution in [1.29, 1.82) is 0 Å². The van der Waals surface area contributed by atoms with E-state index in [0.717, 1.165) is 11.1 Å². The van der Waals surface area contributed by atoms with Gasteiger partial charge in [0.25, 0.3) is 5.69 Å². The van der Waals surface area contributed by atoms with Crippen molar-refractivity contribution in [3.8, 4) is 0 Å². The molecule has 1 heterocycles. The Balaban J connectivity index is 1.82. The highest BCUT2D eigenvalue weighted by atomic mass is 16.6. The van der Waals surface area contributed by atoms with E-state index in [2.05, 4.69) is 0 Å². The second kappa shape index (κ2) is 8.26. The zero-order valence-electron chi connectivity index (χ0n) is 16.6. The smallest absolute Gasteiger partial charge is 0.269 e. The molecule has 0 aliphatic carbocycles. The fourth-order valence-electron chi connectivity index (χ4n) is 3.56. The molecule has 3 rings (SSSR count). The number of nitrogens with zero attached hydrogens (tertiary/aromatic N) is 3. The lowest BCUT2D eigenvalue weighted by Gasteiger charge is -2.34. The van der Waals surface area contributed by atoms with Crippen molar-refractivity contribution >= 4 is 23.6 Å². The number of nitro groups is 1. The maximum atomic E-state index is 13.1. The summed E-state index contributed by atoms with van der Waals surface area (Å²) in [5.74, 6) is -0.284. The second-order valence-electron chi connectivity index (χ2n) is 7.12. The van der Waals surface area contributed by atoms with Crippen molar-refractivity contribution < 1.29 is 14.5 Å². The molecule has 1 aliphatic rings. The first-order chi connectivity index (χ1) is 13.8. The van der Waals surface area contributed by atoms with Crippen LogP contribution in [0.1, 0.15) is 49.0 Å². The first-order valence-corrected chi connectivity index (χ1v) is 9.35. The molecule has 0 fully saturated rings. The zero-order valence-corrected chi connectivity index (χ0v) is 16.6. The predicted molar refractivity (Wildman–Crippen MR) is 110 cm³/mol. The molecule has 0 aromatic heterocycles. The topological polar surface area (TPSA) is 83.8 Å². The molecule has 2 amide bonds. The van der Waals surface area contributed by atoms with Gasteiger partial charge in [-0.15, -0.1) is 0 Å². The normalized spacial score (nSPS) is 16.1.